The van der Waals surface area contributed by atoms with Crippen molar-refractivity contribution in [2.45, 2.75) is 86.4 Å². The van der Waals surface area contributed by atoms with E-state index in [0.717, 1.165) is 36.6 Å². The van der Waals surface area contributed by atoms with E-state index >= 15 is 0 Å². The number of carbonyl (C=O) groups is 1. The van der Waals surface area contributed by atoms with Gasteiger partial charge in [0.2, 0.25) is 5.91 Å². The van der Waals surface area contributed by atoms with Gasteiger partial charge in [0.05, 0.1) is 15.7 Å². The maximum absolute atomic E-state index is 13.6. The second kappa shape index (κ2) is 10.5. The molecule has 1 N–H and O–H groups in total. The number of carbonyl (C=O) groups excluding carboxylic acids is 1. The van der Waals surface area contributed by atoms with Crippen LogP contribution in [0.4, 0.5) is 0 Å². The van der Waals surface area contributed by atoms with Crippen LogP contribution in [0.3, 0.4) is 0 Å². The van der Waals surface area contributed by atoms with Crippen LogP contribution in [0.5, 0.6) is 0 Å². The van der Waals surface area contributed by atoms with Gasteiger partial charge < -0.3 is 5.32 Å². The Morgan fingerprint density at radius 3 is 2.50 bits per heavy atom. The summed E-state index contributed by atoms with van der Waals surface area (Å²) in [5.41, 5.74) is 3.96. The van der Waals surface area contributed by atoms with Crippen molar-refractivity contribution in [1.82, 2.24) is 10.2 Å². The van der Waals surface area contributed by atoms with E-state index in [0.29, 0.717) is 24.2 Å². The number of amides is 1. The molecule has 3 aliphatic rings. The van der Waals surface area contributed by atoms with Crippen LogP contribution >= 0.6 is 0 Å². The molecule has 0 radical (unpaired) electrons. The number of rotatable bonds is 8. The Hall–Kier alpha value is -2.70. The second-order valence-corrected chi connectivity index (χ2v) is 13.9. The van der Waals surface area contributed by atoms with Crippen LogP contribution in [0.25, 0.3) is 10.8 Å². The molecule has 6 rings (SSSR count). The van der Waals surface area contributed by atoms with Gasteiger partial charge in [-0.15, -0.1) is 0 Å². The normalized spacial score (nSPS) is 21.1. The molecule has 1 heterocycles. The number of fused-ring (bicyclic) bond motifs is 2. The van der Waals surface area contributed by atoms with Crippen LogP contribution < -0.4 is 5.32 Å². The molecular weight excluding hydrogens is 492 g/mol. The van der Waals surface area contributed by atoms with Gasteiger partial charge in [0.1, 0.15) is 0 Å². The largest absolute Gasteiger partial charge is 0.349 e. The number of hydrogen-bond donors (Lipinski definition) is 1. The molecule has 3 aromatic carbocycles. The summed E-state index contributed by atoms with van der Waals surface area (Å²) in [6.45, 7) is 3.39. The topological polar surface area (TPSA) is 66.5 Å². The molecule has 0 unspecified atom stereocenters. The van der Waals surface area contributed by atoms with Crippen molar-refractivity contribution in [3.05, 3.63) is 77.4 Å². The van der Waals surface area contributed by atoms with Gasteiger partial charge in [0.15, 0.2) is 9.84 Å². The Morgan fingerprint density at radius 2 is 1.71 bits per heavy atom. The SMILES string of the molecule is O=C(CCC1(S(=O)(=O)c2ccc3ccccc3c2)CC1)N[C@@H]1CCCc2cc(CN3CCCCC3)ccc21. The lowest BCUT2D eigenvalue weighted by atomic mass is 9.86. The van der Waals surface area contributed by atoms with Gasteiger partial charge in [-0.3, -0.25) is 9.69 Å². The van der Waals surface area contributed by atoms with Crippen LogP contribution in [0.15, 0.2) is 65.6 Å². The summed E-state index contributed by atoms with van der Waals surface area (Å²) in [5, 5.41) is 5.21. The predicted octanol–water partition coefficient (Wildman–Crippen LogP) is 6.11. The van der Waals surface area contributed by atoms with Crippen LogP contribution in [-0.2, 0) is 27.6 Å². The number of sulfone groups is 1. The first-order chi connectivity index (χ1) is 18.4. The highest BCUT2D eigenvalue weighted by molar-refractivity contribution is 7.93. The average molecular weight is 531 g/mol. The van der Waals surface area contributed by atoms with Crippen molar-refractivity contribution in [2.75, 3.05) is 13.1 Å². The molecule has 200 valence electrons. The number of piperidine rings is 1. The lowest BCUT2D eigenvalue weighted by Gasteiger charge is -2.29. The van der Waals surface area contributed by atoms with Crippen LogP contribution in [0.2, 0.25) is 0 Å². The molecule has 38 heavy (non-hydrogen) atoms. The lowest BCUT2D eigenvalue weighted by Crippen LogP contribution is -2.33. The van der Waals surface area contributed by atoms with E-state index < -0.39 is 14.6 Å². The number of nitrogens with zero attached hydrogens (tertiary/aromatic N) is 1. The zero-order chi connectivity index (χ0) is 26.2. The Morgan fingerprint density at radius 1 is 0.921 bits per heavy atom. The third-order valence-corrected chi connectivity index (χ3v) is 11.6. The maximum atomic E-state index is 13.6. The summed E-state index contributed by atoms with van der Waals surface area (Å²) >= 11 is 0. The quantitative estimate of drug-likeness (QED) is 0.382. The number of likely N-dealkylation sites (tertiary alicyclic amines) is 1. The molecule has 5 nitrogen and oxygen atoms in total. The fourth-order valence-electron chi connectivity index (χ4n) is 6.48. The van der Waals surface area contributed by atoms with Gasteiger partial charge in [0, 0.05) is 13.0 Å². The van der Waals surface area contributed by atoms with Crippen LogP contribution in [-0.4, -0.2) is 37.1 Å². The first-order valence-corrected chi connectivity index (χ1v) is 15.8. The molecule has 3 aromatic rings. The van der Waals surface area contributed by atoms with E-state index in [1.54, 1.807) is 12.1 Å². The first kappa shape index (κ1) is 25.6. The van der Waals surface area contributed by atoms with Gasteiger partial charge >= 0.3 is 0 Å². The molecule has 1 aliphatic heterocycles. The highest BCUT2D eigenvalue weighted by atomic mass is 32.2. The predicted molar refractivity (Wildman–Crippen MR) is 152 cm³/mol. The van der Waals surface area contributed by atoms with Crippen molar-refractivity contribution in [3.63, 3.8) is 0 Å². The number of hydrogen-bond acceptors (Lipinski definition) is 4. The smallest absolute Gasteiger partial charge is 0.220 e. The maximum Gasteiger partial charge on any atom is 0.220 e. The Kier molecular flexibility index (Phi) is 7.04. The molecule has 0 aromatic heterocycles. The average Bonchev–Trinajstić information content (AvgIpc) is 3.74. The third-order valence-electron chi connectivity index (χ3n) is 8.93. The summed E-state index contributed by atoms with van der Waals surface area (Å²) in [6, 6.07) is 20.0. The van der Waals surface area contributed by atoms with Gasteiger partial charge in [0.25, 0.3) is 0 Å². The minimum atomic E-state index is -3.50. The van der Waals surface area contributed by atoms with Crippen molar-refractivity contribution in [2.24, 2.45) is 0 Å². The number of nitrogens with one attached hydrogen (secondary N) is 1. The number of aryl methyl sites for hydroxylation is 1. The summed E-state index contributed by atoms with van der Waals surface area (Å²) in [7, 11) is -3.50. The minimum absolute atomic E-state index is 0.0162. The Labute approximate surface area is 226 Å². The lowest BCUT2D eigenvalue weighted by molar-refractivity contribution is -0.122. The zero-order valence-electron chi connectivity index (χ0n) is 22.1. The van der Waals surface area contributed by atoms with Gasteiger partial charge in [-0.1, -0.05) is 55.0 Å². The minimum Gasteiger partial charge on any atom is -0.349 e. The highest BCUT2D eigenvalue weighted by Crippen LogP contribution is 2.50. The highest BCUT2D eigenvalue weighted by Gasteiger charge is 2.54. The molecule has 1 amide bonds. The third kappa shape index (κ3) is 5.13. The van der Waals surface area contributed by atoms with E-state index in [9.17, 15) is 13.2 Å². The molecule has 1 atom stereocenters. The summed E-state index contributed by atoms with van der Waals surface area (Å²) < 4.78 is 26.3. The fraction of sp³-hybridized carbons (Fsp3) is 0.469. The Balaban J connectivity index is 1.09. The van der Waals surface area contributed by atoms with Gasteiger partial charge in [-0.05, 0) is 104 Å². The second-order valence-electron chi connectivity index (χ2n) is 11.6. The molecule has 0 bridgehead atoms. The Bertz CT molecular complexity index is 1440. The zero-order valence-corrected chi connectivity index (χ0v) is 22.9. The number of benzene rings is 3. The van der Waals surface area contributed by atoms with Crippen molar-refractivity contribution >= 4 is 26.5 Å². The van der Waals surface area contributed by atoms with E-state index in [1.165, 1.54) is 49.0 Å². The molecule has 6 heteroatoms. The van der Waals surface area contributed by atoms with Crippen LogP contribution in [0.1, 0.15) is 80.5 Å². The van der Waals surface area contributed by atoms with E-state index in [-0.39, 0.29) is 18.4 Å². The molecule has 1 saturated carbocycles. The molecule has 0 spiro atoms. The first-order valence-electron chi connectivity index (χ1n) is 14.3. The van der Waals surface area contributed by atoms with Crippen molar-refractivity contribution in [1.29, 1.82) is 0 Å². The van der Waals surface area contributed by atoms with Crippen LogP contribution in [0, 0.1) is 0 Å². The molecule has 1 saturated heterocycles. The molecule has 2 aliphatic carbocycles. The standard InChI is InChI=1S/C32H38N2O3S/c35-31(15-16-32(17-18-32)38(36,37)28-13-12-25-7-2-3-8-26(25)22-28)33-30-10-6-9-27-21-24(11-14-29(27)30)23-34-19-4-1-5-20-34/h2-3,7-8,11-14,21-22,30H,1,4-6,9-10,15-20,23H2,(H,33,35)/t30-/m1/s1. The van der Waals surface area contributed by atoms with Gasteiger partial charge in [-0.25, -0.2) is 8.42 Å². The van der Waals surface area contributed by atoms with Gasteiger partial charge in [-0.2, -0.15) is 0 Å². The summed E-state index contributed by atoms with van der Waals surface area (Å²) in [6.07, 6.45) is 8.86. The fourth-order valence-corrected chi connectivity index (χ4v) is 8.52. The van der Waals surface area contributed by atoms with Crippen molar-refractivity contribution in [3.8, 4) is 0 Å². The molecule has 2 fully saturated rings. The van der Waals surface area contributed by atoms with E-state index in [1.807, 2.05) is 30.3 Å². The summed E-state index contributed by atoms with van der Waals surface area (Å²) in [4.78, 5) is 16.0. The van der Waals surface area contributed by atoms with Crippen molar-refractivity contribution < 1.29 is 13.2 Å². The molecular formula is C32H38N2O3S. The van der Waals surface area contributed by atoms with E-state index in [2.05, 4.69) is 28.4 Å². The van der Waals surface area contributed by atoms with E-state index in [4.69, 9.17) is 0 Å². The monoisotopic (exact) mass is 530 g/mol. The summed E-state index contributed by atoms with van der Waals surface area (Å²) in [5.74, 6) is -0.0415.